The van der Waals surface area contributed by atoms with Crippen molar-refractivity contribution in [2.24, 2.45) is 0 Å². The predicted octanol–water partition coefficient (Wildman–Crippen LogP) is 5.60. The topological polar surface area (TPSA) is 55.6 Å². The highest BCUT2D eigenvalue weighted by Gasteiger charge is 2.22. The number of anilines is 1. The van der Waals surface area contributed by atoms with Crippen molar-refractivity contribution in [3.05, 3.63) is 76.7 Å². The monoisotopic (exact) mass is 420 g/mol. The minimum absolute atomic E-state index is 0.0237. The van der Waals surface area contributed by atoms with E-state index in [1.54, 1.807) is 18.3 Å². The number of aryl methyl sites for hydroxylation is 3. The molecule has 2 aromatic heterocycles. The summed E-state index contributed by atoms with van der Waals surface area (Å²) in [7, 11) is 1.65. The number of benzene rings is 2. The molecule has 5 nitrogen and oxygen atoms in total. The Bertz CT molecular complexity index is 1190. The molecule has 4 aromatic rings. The number of ether oxygens (including phenoxy) is 1. The molecule has 0 saturated heterocycles. The van der Waals surface area contributed by atoms with E-state index in [0.29, 0.717) is 11.7 Å². The lowest BCUT2D eigenvalue weighted by Gasteiger charge is -2.19. The molecule has 0 fully saturated rings. The maximum atomic E-state index is 13.4. The largest absolute Gasteiger partial charge is 0.496 e. The van der Waals surface area contributed by atoms with Gasteiger partial charge in [-0.05, 0) is 67.3 Å². The van der Waals surface area contributed by atoms with Crippen molar-refractivity contribution in [2.45, 2.75) is 33.7 Å². The highest BCUT2D eigenvalue weighted by Crippen LogP contribution is 2.33. The van der Waals surface area contributed by atoms with Crippen molar-refractivity contribution in [2.75, 3.05) is 12.0 Å². The number of methoxy groups -OCH3 is 1. The molecule has 2 heterocycles. The molecule has 4 rings (SSSR count). The molecule has 0 radical (unpaired) electrons. The minimum atomic E-state index is -0.0237. The van der Waals surface area contributed by atoms with Crippen LogP contribution < -0.4 is 9.64 Å². The second kappa shape index (κ2) is 8.32. The van der Waals surface area contributed by atoms with Crippen molar-refractivity contribution in [3.8, 4) is 5.75 Å². The van der Waals surface area contributed by atoms with E-state index in [2.05, 4.69) is 26.0 Å². The molecule has 0 spiro atoms. The van der Waals surface area contributed by atoms with E-state index in [1.165, 1.54) is 16.9 Å². The summed E-state index contributed by atoms with van der Waals surface area (Å²) in [6.45, 7) is 6.47. The second-order valence-corrected chi connectivity index (χ2v) is 8.40. The molecule has 2 aromatic carbocycles. The van der Waals surface area contributed by atoms with E-state index >= 15 is 0 Å². The number of fused-ring (bicyclic) bond motifs is 1. The SMILES string of the molecule is COc1ccc(CC(=O)N(Cc2ccco2)c2nc3c(C)c(C)ccc3s2)cc1C. The van der Waals surface area contributed by atoms with Gasteiger partial charge in [0.05, 0.1) is 36.6 Å². The minimum Gasteiger partial charge on any atom is -0.496 e. The first-order valence-corrected chi connectivity index (χ1v) is 10.6. The van der Waals surface area contributed by atoms with Crippen LogP contribution >= 0.6 is 11.3 Å². The first kappa shape index (κ1) is 20.2. The molecule has 0 bridgehead atoms. The molecule has 1 amide bonds. The average molecular weight is 421 g/mol. The summed E-state index contributed by atoms with van der Waals surface area (Å²) in [6, 6.07) is 13.7. The zero-order chi connectivity index (χ0) is 21.3. The van der Waals surface area contributed by atoms with Crippen molar-refractivity contribution < 1.29 is 13.9 Å². The number of rotatable bonds is 6. The zero-order valence-electron chi connectivity index (χ0n) is 17.6. The number of nitrogens with zero attached hydrogens (tertiary/aromatic N) is 2. The maximum Gasteiger partial charge on any atom is 0.233 e. The van der Waals surface area contributed by atoms with Gasteiger partial charge < -0.3 is 9.15 Å². The number of carbonyl (C=O) groups is 1. The van der Waals surface area contributed by atoms with Crippen LogP contribution in [-0.2, 0) is 17.8 Å². The summed E-state index contributed by atoms with van der Waals surface area (Å²) in [4.78, 5) is 19.9. The Hall–Kier alpha value is -3.12. The van der Waals surface area contributed by atoms with Crippen molar-refractivity contribution in [1.29, 1.82) is 0 Å². The van der Waals surface area contributed by atoms with E-state index < -0.39 is 0 Å². The first-order valence-electron chi connectivity index (χ1n) is 9.79. The van der Waals surface area contributed by atoms with Crippen LogP contribution in [0.1, 0.15) is 28.0 Å². The van der Waals surface area contributed by atoms with E-state index in [-0.39, 0.29) is 12.3 Å². The van der Waals surface area contributed by atoms with E-state index in [9.17, 15) is 4.79 Å². The maximum absolute atomic E-state index is 13.4. The molecule has 0 aliphatic rings. The summed E-state index contributed by atoms with van der Waals surface area (Å²) in [5, 5.41) is 0.685. The Labute approximate surface area is 179 Å². The Balaban J connectivity index is 1.68. The lowest BCUT2D eigenvalue weighted by atomic mass is 10.1. The molecule has 0 aliphatic carbocycles. The molecular formula is C24H24N2O3S. The Kier molecular flexibility index (Phi) is 5.59. The van der Waals surface area contributed by atoms with Gasteiger partial charge in [-0.25, -0.2) is 4.98 Å². The first-order chi connectivity index (χ1) is 14.5. The molecule has 0 aliphatic heterocycles. The van der Waals surface area contributed by atoms with Crippen molar-refractivity contribution in [1.82, 2.24) is 4.98 Å². The number of hydrogen-bond donors (Lipinski definition) is 0. The summed E-state index contributed by atoms with van der Waals surface area (Å²) in [5.74, 6) is 1.52. The number of amides is 1. The number of aromatic nitrogens is 1. The third-order valence-corrected chi connectivity index (χ3v) is 6.36. The fraction of sp³-hybridized carbons (Fsp3) is 0.250. The van der Waals surface area contributed by atoms with Crippen LogP contribution in [0.4, 0.5) is 5.13 Å². The molecule has 0 saturated carbocycles. The standard InChI is InChI=1S/C24H24N2O3S/c1-15-7-10-21-23(17(15)3)25-24(30-21)26(14-19-6-5-11-29-19)22(27)13-18-8-9-20(28-4)16(2)12-18/h5-12H,13-14H2,1-4H3. The van der Waals surface area contributed by atoms with Gasteiger partial charge in [0.25, 0.3) is 0 Å². The average Bonchev–Trinajstić information content (AvgIpc) is 3.39. The highest BCUT2D eigenvalue weighted by atomic mass is 32.1. The fourth-order valence-corrected chi connectivity index (χ4v) is 4.51. The number of hydrogen-bond acceptors (Lipinski definition) is 5. The summed E-state index contributed by atoms with van der Waals surface area (Å²) >= 11 is 1.53. The lowest BCUT2D eigenvalue weighted by Crippen LogP contribution is -2.31. The zero-order valence-corrected chi connectivity index (χ0v) is 18.4. The Morgan fingerprint density at radius 3 is 2.67 bits per heavy atom. The van der Waals surface area contributed by atoms with Crippen molar-refractivity contribution in [3.63, 3.8) is 0 Å². The van der Waals surface area contributed by atoms with Gasteiger partial charge in [-0.15, -0.1) is 0 Å². The number of thiazole rings is 1. The molecule has 0 unspecified atom stereocenters. The fourth-order valence-electron chi connectivity index (χ4n) is 3.47. The van der Waals surface area contributed by atoms with E-state index in [0.717, 1.165) is 38.4 Å². The van der Waals surface area contributed by atoms with Gasteiger partial charge in [0.15, 0.2) is 5.13 Å². The van der Waals surface area contributed by atoms with Gasteiger partial charge in [-0.3, -0.25) is 9.69 Å². The van der Waals surface area contributed by atoms with Crippen molar-refractivity contribution >= 4 is 32.6 Å². The lowest BCUT2D eigenvalue weighted by molar-refractivity contribution is -0.118. The number of furan rings is 1. The quantitative estimate of drug-likeness (QED) is 0.407. The van der Waals surface area contributed by atoms with Gasteiger partial charge in [0.1, 0.15) is 11.5 Å². The third-order valence-electron chi connectivity index (χ3n) is 5.31. The van der Waals surface area contributed by atoms with E-state index in [4.69, 9.17) is 14.1 Å². The molecular weight excluding hydrogens is 396 g/mol. The predicted molar refractivity (Wildman–Crippen MR) is 120 cm³/mol. The van der Waals surface area contributed by atoms with Crippen LogP contribution in [-0.4, -0.2) is 18.0 Å². The number of carbonyl (C=O) groups excluding carboxylic acids is 1. The molecule has 154 valence electrons. The Morgan fingerprint density at radius 1 is 1.13 bits per heavy atom. The summed E-state index contributed by atoms with van der Waals surface area (Å²) in [6.07, 6.45) is 1.90. The van der Waals surface area contributed by atoms with Gasteiger partial charge in [0, 0.05) is 0 Å². The van der Waals surface area contributed by atoms with Gasteiger partial charge in [0.2, 0.25) is 5.91 Å². The van der Waals surface area contributed by atoms with Gasteiger partial charge in [-0.2, -0.15) is 0 Å². The van der Waals surface area contributed by atoms with Crippen LogP contribution in [0.25, 0.3) is 10.2 Å². The molecule has 0 N–H and O–H groups in total. The van der Waals surface area contributed by atoms with Gasteiger partial charge in [-0.1, -0.05) is 29.5 Å². The smallest absolute Gasteiger partial charge is 0.233 e. The molecule has 6 heteroatoms. The molecule has 30 heavy (non-hydrogen) atoms. The van der Waals surface area contributed by atoms with Crippen LogP contribution in [0.15, 0.2) is 53.1 Å². The Morgan fingerprint density at radius 2 is 1.97 bits per heavy atom. The summed E-state index contributed by atoms with van der Waals surface area (Å²) < 4.78 is 11.9. The van der Waals surface area contributed by atoms with Gasteiger partial charge >= 0.3 is 0 Å². The molecule has 0 atom stereocenters. The van der Waals surface area contributed by atoms with E-state index in [1.807, 2.05) is 37.3 Å². The van der Waals surface area contributed by atoms with Crippen LogP contribution in [0.5, 0.6) is 5.75 Å². The normalized spacial score (nSPS) is 11.1. The summed E-state index contributed by atoms with van der Waals surface area (Å²) in [5.41, 5.74) is 5.23. The highest BCUT2D eigenvalue weighted by molar-refractivity contribution is 7.22. The van der Waals surface area contributed by atoms with Crippen LogP contribution in [0, 0.1) is 20.8 Å². The third kappa shape index (κ3) is 3.96. The van der Waals surface area contributed by atoms with Crippen LogP contribution in [0.3, 0.4) is 0 Å². The second-order valence-electron chi connectivity index (χ2n) is 7.39. The van der Waals surface area contributed by atoms with Crippen LogP contribution in [0.2, 0.25) is 0 Å².